The van der Waals surface area contributed by atoms with Gasteiger partial charge in [0.1, 0.15) is 22.9 Å². The third-order valence-electron chi connectivity index (χ3n) is 5.52. The van der Waals surface area contributed by atoms with Gasteiger partial charge < -0.3 is 30.2 Å². The molecule has 2 atom stereocenters. The normalized spacial score (nSPS) is 18.1. The van der Waals surface area contributed by atoms with Gasteiger partial charge in [0.25, 0.3) is 11.5 Å². The first kappa shape index (κ1) is 26.5. The summed E-state index contributed by atoms with van der Waals surface area (Å²) in [6.07, 6.45) is 0.600. The molecule has 0 spiro atoms. The number of methoxy groups -OCH3 is 1. The molecule has 0 bridgehead atoms. The van der Waals surface area contributed by atoms with E-state index in [1.54, 1.807) is 0 Å². The number of aromatic amines is 1. The molecule has 1 fully saturated rings. The highest BCUT2D eigenvalue weighted by molar-refractivity contribution is 6.33. The maximum atomic E-state index is 12.9. The quantitative estimate of drug-likeness (QED) is 0.324. The summed E-state index contributed by atoms with van der Waals surface area (Å²) in [4.78, 5) is 41.0. The van der Waals surface area contributed by atoms with Crippen LogP contribution in [0.5, 0.6) is 5.75 Å². The van der Waals surface area contributed by atoms with Crippen LogP contribution in [0.2, 0.25) is 5.02 Å². The molecule has 0 saturated carbocycles. The lowest BCUT2D eigenvalue weighted by atomic mass is 10.0. The summed E-state index contributed by atoms with van der Waals surface area (Å²) in [5, 5.41) is 2.88. The molecule has 1 aliphatic rings. The molecule has 0 aliphatic carbocycles. The highest BCUT2D eigenvalue weighted by Crippen LogP contribution is 2.17. The van der Waals surface area contributed by atoms with Crippen molar-refractivity contribution < 1.29 is 28.2 Å². The zero-order valence-electron chi connectivity index (χ0n) is 19.2. The number of H-pyrrole nitrogens is 1. The number of anilines is 1. The Morgan fingerprint density at radius 3 is 2.74 bits per heavy atom. The number of halogens is 2. The number of rotatable bonds is 10. The topological polar surface area (TPSA) is 136 Å². The first-order chi connectivity index (χ1) is 16.8. The monoisotopic (exact) mass is 510 g/mol. The molecule has 12 heteroatoms. The molecule has 0 unspecified atom stereocenters. The van der Waals surface area contributed by atoms with Crippen molar-refractivity contribution in [1.29, 1.82) is 0 Å². The zero-order chi connectivity index (χ0) is 25.4. The van der Waals surface area contributed by atoms with Gasteiger partial charge in [0.15, 0.2) is 0 Å². The summed E-state index contributed by atoms with van der Waals surface area (Å²) in [6, 6.07) is 6.54. The Labute approximate surface area is 206 Å². The lowest BCUT2D eigenvalue weighted by Gasteiger charge is -2.37. The molecular weight excluding hydrogens is 483 g/mol. The minimum atomic E-state index is -0.637. The van der Waals surface area contributed by atoms with E-state index in [1.165, 1.54) is 37.4 Å². The van der Waals surface area contributed by atoms with Crippen LogP contribution >= 0.6 is 11.6 Å². The Morgan fingerprint density at radius 2 is 2.03 bits per heavy atom. The van der Waals surface area contributed by atoms with Crippen LogP contribution in [-0.2, 0) is 14.3 Å². The molecule has 3 rings (SSSR count). The second-order valence-corrected chi connectivity index (χ2v) is 8.44. The van der Waals surface area contributed by atoms with Crippen molar-refractivity contribution in [1.82, 2.24) is 15.2 Å². The molecule has 1 amide bonds. The van der Waals surface area contributed by atoms with E-state index in [1.807, 2.05) is 4.90 Å². The zero-order valence-corrected chi connectivity index (χ0v) is 20.0. The minimum absolute atomic E-state index is 0.0106. The fraction of sp³-hybridized carbons (Fsp3) is 0.435. The van der Waals surface area contributed by atoms with Gasteiger partial charge in [0.2, 0.25) is 0 Å². The lowest BCUT2D eigenvalue weighted by Crippen LogP contribution is -2.56. The van der Waals surface area contributed by atoms with Crippen LogP contribution in [0, 0.1) is 5.82 Å². The van der Waals surface area contributed by atoms with Crippen LogP contribution in [0.4, 0.5) is 10.2 Å². The van der Waals surface area contributed by atoms with Crippen molar-refractivity contribution in [3.8, 4) is 5.75 Å². The van der Waals surface area contributed by atoms with Crippen LogP contribution in [0.1, 0.15) is 23.2 Å². The fourth-order valence-electron chi connectivity index (χ4n) is 3.66. The molecule has 10 nitrogen and oxygen atoms in total. The number of amides is 1. The number of ether oxygens (including phenoxy) is 3. The molecule has 4 N–H and O–H groups in total. The van der Waals surface area contributed by atoms with E-state index in [-0.39, 0.29) is 47.4 Å². The number of nitrogen functional groups attached to an aromatic ring is 1. The second-order valence-electron chi connectivity index (χ2n) is 8.03. The van der Waals surface area contributed by atoms with Gasteiger partial charge in [-0.1, -0.05) is 11.6 Å². The van der Waals surface area contributed by atoms with Crippen molar-refractivity contribution in [2.24, 2.45) is 0 Å². The van der Waals surface area contributed by atoms with Crippen molar-refractivity contribution >= 4 is 29.3 Å². The summed E-state index contributed by atoms with van der Waals surface area (Å²) in [5.74, 6) is -0.774. The maximum Gasteiger partial charge on any atom is 0.320 e. The summed E-state index contributed by atoms with van der Waals surface area (Å²) in [6.45, 7) is 1.51. The number of hydrogen-bond acceptors (Lipinski definition) is 8. The number of carbonyl (C=O) groups excluding carboxylic acids is 2. The number of esters is 1. The van der Waals surface area contributed by atoms with E-state index >= 15 is 0 Å². The standard InChI is InChI=1S/C23H28ClFN4O6/c1-33-19-12-29(13-20(30)35-10-2-9-34-15-5-3-14(25)4-6-15)8-7-18(19)27-22(31)16-11-17(24)21(26)28-23(16)32/h3-6,11,18-19H,2,7-10,12-13H2,1H3,(H,27,31)(H3,26,28,32)/t18-,19+/m0/s1. The number of pyridine rings is 1. The number of likely N-dealkylation sites (tertiary alicyclic amines) is 1. The van der Waals surface area contributed by atoms with Gasteiger partial charge in [-0.05, 0) is 36.8 Å². The number of hydrogen-bond donors (Lipinski definition) is 3. The number of nitrogens with zero attached hydrogens (tertiary/aromatic N) is 1. The average Bonchev–Trinajstić information content (AvgIpc) is 2.83. The molecule has 2 heterocycles. The van der Waals surface area contributed by atoms with Gasteiger partial charge >= 0.3 is 5.97 Å². The van der Waals surface area contributed by atoms with E-state index < -0.39 is 17.6 Å². The molecule has 0 radical (unpaired) electrons. The second kappa shape index (κ2) is 12.5. The number of piperidine rings is 1. The Morgan fingerprint density at radius 1 is 1.29 bits per heavy atom. The minimum Gasteiger partial charge on any atom is -0.493 e. The van der Waals surface area contributed by atoms with Gasteiger partial charge in [0, 0.05) is 26.6 Å². The van der Waals surface area contributed by atoms with Crippen molar-refractivity contribution in [3.63, 3.8) is 0 Å². The Kier molecular flexibility index (Phi) is 9.47. The van der Waals surface area contributed by atoms with Gasteiger partial charge in [0.05, 0.1) is 36.9 Å². The SMILES string of the molecule is CO[C@@H]1CN(CC(=O)OCCCOc2ccc(F)cc2)CC[C@@H]1NC(=O)c1cc(Cl)c(N)[nH]c1=O. The van der Waals surface area contributed by atoms with Crippen LogP contribution in [-0.4, -0.2) is 73.9 Å². The van der Waals surface area contributed by atoms with Crippen LogP contribution < -0.4 is 21.3 Å². The third-order valence-corrected chi connectivity index (χ3v) is 5.83. The molecule has 35 heavy (non-hydrogen) atoms. The van der Waals surface area contributed by atoms with E-state index in [2.05, 4.69) is 10.3 Å². The molecule has 190 valence electrons. The summed E-state index contributed by atoms with van der Waals surface area (Å²) in [5.41, 5.74) is 4.76. The molecule has 1 aliphatic heterocycles. The molecule has 1 saturated heterocycles. The largest absolute Gasteiger partial charge is 0.493 e. The van der Waals surface area contributed by atoms with Crippen LogP contribution in [0.25, 0.3) is 0 Å². The van der Waals surface area contributed by atoms with E-state index in [0.717, 1.165) is 0 Å². The third kappa shape index (κ3) is 7.67. The molecule has 2 aromatic rings. The van der Waals surface area contributed by atoms with Crippen molar-refractivity contribution in [2.75, 3.05) is 45.7 Å². The smallest absolute Gasteiger partial charge is 0.320 e. The average molecular weight is 511 g/mol. The predicted octanol–water partition coefficient (Wildman–Crippen LogP) is 1.58. The lowest BCUT2D eigenvalue weighted by molar-refractivity contribution is -0.146. The van der Waals surface area contributed by atoms with Gasteiger partial charge in [-0.15, -0.1) is 0 Å². The number of benzene rings is 1. The summed E-state index contributed by atoms with van der Waals surface area (Å²) < 4.78 is 29.1. The Hall–Kier alpha value is -3.15. The van der Waals surface area contributed by atoms with E-state index in [9.17, 15) is 18.8 Å². The van der Waals surface area contributed by atoms with Gasteiger partial charge in [-0.25, -0.2) is 4.39 Å². The highest BCUT2D eigenvalue weighted by atomic mass is 35.5. The predicted molar refractivity (Wildman–Crippen MR) is 127 cm³/mol. The number of nitrogens with one attached hydrogen (secondary N) is 2. The number of carbonyl (C=O) groups is 2. The van der Waals surface area contributed by atoms with Crippen molar-refractivity contribution in [3.05, 3.63) is 57.1 Å². The number of nitrogens with two attached hydrogens (primary N) is 1. The summed E-state index contributed by atoms with van der Waals surface area (Å²) in [7, 11) is 1.51. The van der Waals surface area contributed by atoms with E-state index in [4.69, 9.17) is 31.5 Å². The Balaban J connectivity index is 1.40. The summed E-state index contributed by atoms with van der Waals surface area (Å²) >= 11 is 5.91. The first-order valence-electron chi connectivity index (χ1n) is 11.0. The van der Waals surface area contributed by atoms with Gasteiger partial charge in [-0.2, -0.15) is 0 Å². The van der Waals surface area contributed by atoms with E-state index in [0.29, 0.717) is 38.3 Å². The molecule has 1 aromatic heterocycles. The number of aromatic nitrogens is 1. The highest BCUT2D eigenvalue weighted by Gasteiger charge is 2.32. The Bertz CT molecular complexity index is 1080. The molecular formula is C23H28ClFN4O6. The molecule has 1 aromatic carbocycles. The first-order valence-corrected chi connectivity index (χ1v) is 11.4. The fourth-order valence-corrected chi connectivity index (χ4v) is 3.81. The van der Waals surface area contributed by atoms with Crippen LogP contribution in [0.15, 0.2) is 35.1 Å². The maximum absolute atomic E-state index is 12.9. The van der Waals surface area contributed by atoms with Crippen LogP contribution in [0.3, 0.4) is 0 Å². The van der Waals surface area contributed by atoms with Crippen molar-refractivity contribution in [2.45, 2.75) is 25.0 Å². The van der Waals surface area contributed by atoms with Gasteiger partial charge in [-0.3, -0.25) is 19.3 Å².